The lowest BCUT2D eigenvalue weighted by atomic mass is 10.0. The van der Waals surface area contributed by atoms with E-state index in [9.17, 15) is 9.50 Å². The molecule has 0 heterocycles. The zero-order valence-electron chi connectivity index (χ0n) is 11.8. The fourth-order valence-corrected chi connectivity index (χ4v) is 2.34. The molecule has 0 aromatic heterocycles. The third-order valence-electron chi connectivity index (χ3n) is 3.36. The van der Waals surface area contributed by atoms with Gasteiger partial charge in [-0.25, -0.2) is 4.39 Å². The van der Waals surface area contributed by atoms with Crippen LogP contribution in [-0.4, -0.2) is 11.1 Å². The third kappa shape index (κ3) is 4.07. The largest absolute Gasteiger partial charge is 0.508 e. The molecule has 2 unspecified atom stereocenters. The summed E-state index contributed by atoms with van der Waals surface area (Å²) in [5.41, 5.74) is 2.11. The first-order valence-corrected chi connectivity index (χ1v) is 6.84. The van der Waals surface area contributed by atoms with E-state index in [2.05, 4.69) is 12.2 Å². The highest BCUT2D eigenvalue weighted by Crippen LogP contribution is 2.16. The Balaban J connectivity index is 1.93. The van der Waals surface area contributed by atoms with Crippen LogP contribution in [-0.2, 0) is 6.42 Å². The predicted molar refractivity (Wildman–Crippen MR) is 79.2 cm³/mol. The Morgan fingerprint density at radius 2 is 1.80 bits per heavy atom. The second-order valence-electron chi connectivity index (χ2n) is 5.21. The summed E-state index contributed by atoms with van der Waals surface area (Å²) in [4.78, 5) is 0. The van der Waals surface area contributed by atoms with Gasteiger partial charge in [-0.2, -0.15) is 0 Å². The number of halogens is 1. The Labute approximate surface area is 119 Å². The highest BCUT2D eigenvalue weighted by molar-refractivity contribution is 5.26. The number of hydrogen-bond acceptors (Lipinski definition) is 2. The molecule has 2 N–H and O–H groups in total. The van der Waals surface area contributed by atoms with Crippen molar-refractivity contribution in [2.24, 2.45) is 0 Å². The van der Waals surface area contributed by atoms with Gasteiger partial charge in [0, 0.05) is 12.1 Å². The lowest BCUT2D eigenvalue weighted by Crippen LogP contribution is -2.30. The van der Waals surface area contributed by atoms with Crippen LogP contribution in [0.2, 0.25) is 0 Å². The molecule has 0 radical (unpaired) electrons. The first-order chi connectivity index (χ1) is 9.54. The average Bonchev–Trinajstić information content (AvgIpc) is 2.41. The summed E-state index contributed by atoms with van der Waals surface area (Å²) in [6, 6.07) is 14.2. The molecule has 2 rings (SSSR count). The molecule has 2 atom stereocenters. The quantitative estimate of drug-likeness (QED) is 0.868. The Bertz CT molecular complexity index is 553. The first kappa shape index (κ1) is 14.5. The molecule has 0 aliphatic rings. The van der Waals surface area contributed by atoms with Crippen LogP contribution in [0.3, 0.4) is 0 Å². The highest BCUT2D eigenvalue weighted by Gasteiger charge is 2.10. The van der Waals surface area contributed by atoms with Crippen molar-refractivity contribution in [2.75, 3.05) is 0 Å². The van der Waals surface area contributed by atoms with Crippen LogP contribution in [0.4, 0.5) is 4.39 Å². The predicted octanol–water partition coefficient (Wildman–Crippen LogP) is 3.81. The Kier molecular flexibility index (Phi) is 4.74. The molecule has 0 aliphatic carbocycles. The van der Waals surface area contributed by atoms with Gasteiger partial charge in [0.2, 0.25) is 0 Å². The van der Waals surface area contributed by atoms with Crippen molar-refractivity contribution < 1.29 is 9.50 Å². The van der Waals surface area contributed by atoms with Crippen molar-refractivity contribution in [1.29, 1.82) is 0 Å². The van der Waals surface area contributed by atoms with E-state index in [4.69, 9.17) is 0 Å². The normalized spacial score (nSPS) is 13.9. The fraction of sp³-hybridized carbons (Fsp3) is 0.294. The van der Waals surface area contributed by atoms with Crippen LogP contribution in [0.25, 0.3) is 0 Å². The number of rotatable bonds is 5. The SMILES string of the molecule is CC(Cc1ccc(O)cc1)NC(C)c1cccc(F)c1. The van der Waals surface area contributed by atoms with Crippen LogP contribution < -0.4 is 5.32 Å². The minimum Gasteiger partial charge on any atom is -0.508 e. The number of phenolic OH excluding ortho intramolecular Hbond substituents is 1. The summed E-state index contributed by atoms with van der Waals surface area (Å²) in [5, 5.41) is 12.7. The highest BCUT2D eigenvalue weighted by atomic mass is 19.1. The molecule has 0 bridgehead atoms. The molecule has 2 aromatic rings. The smallest absolute Gasteiger partial charge is 0.123 e. The molecular weight excluding hydrogens is 253 g/mol. The molecule has 106 valence electrons. The van der Waals surface area contributed by atoms with Gasteiger partial charge in [-0.05, 0) is 55.7 Å². The molecule has 3 heteroatoms. The van der Waals surface area contributed by atoms with Crippen LogP contribution in [0.15, 0.2) is 48.5 Å². The molecule has 2 aromatic carbocycles. The van der Waals surface area contributed by atoms with E-state index in [1.165, 1.54) is 6.07 Å². The molecule has 0 aliphatic heterocycles. The summed E-state index contributed by atoms with van der Waals surface area (Å²) in [7, 11) is 0. The Hall–Kier alpha value is -1.87. The van der Waals surface area contributed by atoms with E-state index in [-0.39, 0.29) is 23.7 Å². The van der Waals surface area contributed by atoms with Crippen molar-refractivity contribution in [2.45, 2.75) is 32.4 Å². The van der Waals surface area contributed by atoms with Crippen molar-refractivity contribution in [1.82, 2.24) is 5.32 Å². The Morgan fingerprint density at radius 3 is 2.45 bits per heavy atom. The maximum Gasteiger partial charge on any atom is 0.123 e. The number of nitrogens with one attached hydrogen (secondary N) is 1. The van der Waals surface area contributed by atoms with Crippen LogP contribution in [0.1, 0.15) is 31.0 Å². The van der Waals surface area contributed by atoms with Gasteiger partial charge in [0.15, 0.2) is 0 Å². The second kappa shape index (κ2) is 6.53. The van der Waals surface area contributed by atoms with Gasteiger partial charge < -0.3 is 10.4 Å². The molecule has 20 heavy (non-hydrogen) atoms. The minimum atomic E-state index is -0.206. The lowest BCUT2D eigenvalue weighted by molar-refractivity contribution is 0.469. The lowest BCUT2D eigenvalue weighted by Gasteiger charge is -2.20. The van der Waals surface area contributed by atoms with Gasteiger partial charge >= 0.3 is 0 Å². The van der Waals surface area contributed by atoms with Gasteiger partial charge in [-0.3, -0.25) is 0 Å². The van der Waals surface area contributed by atoms with Crippen molar-refractivity contribution in [3.8, 4) is 5.75 Å². The van der Waals surface area contributed by atoms with Gasteiger partial charge in [0.25, 0.3) is 0 Å². The number of aromatic hydroxyl groups is 1. The number of phenols is 1. The van der Waals surface area contributed by atoms with E-state index in [0.29, 0.717) is 0 Å². The fourth-order valence-electron chi connectivity index (χ4n) is 2.34. The van der Waals surface area contributed by atoms with Crippen molar-refractivity contribution >= 4 is 0 Å². The monoisotopic (exact) mass is 273 g/mol. The summed E-state index contributed by atoms with van der Waals surface area (Å²) < 4.78 is 13.2. The van der Waals surface area contributed by atoms with Gasteiger partial charge in [-0.1, -0.05) is 24.3 Å². The standard InChI is InChI=1S/C17H20FNO/c1-12(10-14-6-8-17(20)9-7-14)19-13(2)15-4-3-5-16(18)11-15/h3-9,11-13,19-20H,10H2,1-2H3. The van der Waals surface area contributed by atoms with E-state index in [1.54, 1.807) is 24.3 Å². The zero-order chi connectivity index (χ0) is 14.5. The van der Waals surface area contributed by atoms with Crippen LogP contribution >= 0.6 is 0 Å². The first-order valence-electron chi connectivity index (χ1n) is 6.84. The molecule has 0 fully saturated rings. The molecule has 0 saturated heterocycles. The number of hydrogen-bond donors (Lipinski definition) is 2. The Morgan fingerprint density at radius 1 is 1.10 bits per heavy atom. The van der Waals surface area contributed by atoms with Gasteiger partial charge in [0.1, 0.15) is 11.6 Å². The summed E-state index contributed by atoms with van der Waals surface area (Å²) in [6.45, 7) is 4.13. The molecular formula is C17H20FNO. The maximum absolute atomic E-state index is 13.2. The topological polar surface area (TPSA) is 32.3 Å². The summed E-state index contributed by atoms with van der Waals surface area (Å²) >= 11 is 0. The molecule has 0 amide bonds. The van der Waals surface area contributed by atoms with Gasteiger partial charge in [-0.15, -0.1) is 0 Å². The molecule has 0 saturated carbocycles. The van der Waals surface area contributed by atoms with Crippen LogP contribution in [0, 0.1) is 5.82 Å². The minimum absolute atomic E-state index is 0.0952. The zero-order valence-corrected chi connectivity index (χ0v) is 11.8. The van der Waals surface area contributed by atoms with E-state index in [0.717, 1.165) is 17.5 Å². The van der Waals surface area contributed by atoms with E-state index < -0.39 is 0 Å². The van der Waals surface area contributed by atoms with Crippen molar-refractivity contribution in [3.05, 3.63) is 65.5 Å². The van der Waals surface area contributed by atoms with Gasteiger partial charge in [0.05, 0.1) is 0 Å². The molecule has 2 nitrogen and oxygen atoms in total. The average molecular weight is 273 g/mol. The number of benzene rings is 2. The third-order valence-corrected chi connectivity index (χ3v) is 3.36. The van der Waals surface area contributed by atoms with E-state index in [1.807, 2.05) is 25.1 Å². The van der Waals surface area contributed by atoms with Crippen molar-refractivity contribution in [3.63, 3.8) is 0 Å². The second-order valence-corrected chi connectivity index (χ2v) is 5.21. The maximum atomic E-state index is 13.2. The molecule has 0 spiro atoms. The van der Waals surface area contributed by atoms with Crippen LogP contribution in [0.5, 0.6) is 5.75 Å². The van der Waals surface area contributed by atoms with E-state index >= 15 is 0 Å². The summed E-state index contributed by atoms with van der Waals surface area (Å²) in [5.74, 6) is 0.0739. The summed E-state index contributed by atoms with van der Waals surface area (Å²) in [6.07, 6.45) is 0.861.